The Bertz CT molecular complexity index is 406. The van der Waals surface area contributed by atoms with Gasteiger partial charge in [0, 0.05) is 13.7 Å². The van der Waals surface area contributed by atoms with Gasteiger partial charge in [-0.25, -0.2) is 0 Å². The first-order valence-electron chi connectivity index (χ1n) is 6.56. The van der Waals surface area contributed by atoms with Gasteiger partial charge in [0.15, 0.2) is 0 Å². The lowest BCUT2D eigenvalue weighted by Gasteiger charge is -2.14. The number of methoxy groups -OCH3 is 1. The number of carbonyl (C=O) groups is 1. The molecule has 1 rings (SSSR count). The van der Waals surface area contributed by atoms with Gasteiger partial charge in [-0.3, -0.25) is 4.79 Å². The second kappa shape index (κ2) is 7.92. The monoisotopic (exact) mass is 265 g/mol. The second-order valence-corrected chi connectivity index (χ2v) is 4.82. The van der Waals surface area contributed by atoms with Crippen molar-refractivity contribution < 1.29 is 14.6 Å². The Labute approximate surface area is 114 Å². The van der Waals surface area contributed by atoms with Crippen molar-refractivity contribution >= 4 is 5.91 Å². The van der Waals surface area contributed by atoms with Crippen molar-refractivity contribution in [3.05, 3.63) is 35.4 Å². The molecule has 0 fully saturated rings. The highest BCUT2D eigenvalue weighted by molar-refractivity contribution is 5.83. The molecule has 0 saturated carbocycles. The number of hydrogen-bond acceptors (Lipinski definition) is 3. The van der Waals surface area contributed by atoms with Crippen LogP contribution in [0.15, 0.2) is 24.3 Å². The van der Waals surface area contributed by atoms with Gasteiger partial charge in [0.2, 0.25) is 5.91 Å². The molecule has 0 aliphatic carbocycles. The summed E-state index contributed by atoms with van der Waals surface area (Å²) < 4.78 is 4.83. The van der Waals surface area contributed by atoms with E-state index in [0.717, 1.165) is 11.1 Å². The zero-order valence-electron chi connectivity index (χ0n) is 11.8. The van der Waals surface area contributed by atoms with Crippen LogP contribution in [0, 0.1) is 6.92 Å². The number of benzene rings is 1. The molecule has 0 aliphatic heterocycles. The summed E-state index contributed by atoms with van der Waals surface area (Å²) in [6, 6.07) is 7.94. The van der Waals surface area contributed by atoms with Crippen molar-refractivity contribution in [3.8, 4) is 0 Å². The van der Waals surface area contributed by atoms with Crippen molar-refractivity contribution in [1.82, 2.24) is 5.32 Å². The van der Waals surface area contributed by atoms with E-state index in [2.05, 4.69) is 5.32 Å². The molecule has 2 unspecified atom stereocenters. The third-order valence-corrected chi connectivity index (χ3v) is 3.07. The number of amides is 1. The molecule has 106 valence electrons. The Kier molecular flexibility index (Phi) is 6.53. The van der Waals surface area contributed by atoms with Crippen molar-refractivity contribution in [2.45, 2.75) is 32.3 Å². The summed E-state index contributed by atoms with van der Waals surface area (Å²) >= 11 is 0. The molecule has 1 amide bonds. The average Bonchev–Trinajstić information content (AvgIpc) is 2.38. The minimum absolute atomic E-state index is 0.0183. The number of rotatable bonds is 7. The van der Waals surface area contributed by atoms with Crippen LogP contribution in [0.5, 0.6) is 0 Å². The Hall–Kier alpha value is -1.39. The zero-order chi connectivity index (χ0) is 14.3. The first kappa shape index (κ1) is 15.7. The van der Waals surface area contributed by atoms with Gasteiger partial charge < -0.3 is 15.2 Å². The van der Waals surface area contributed by atoms with Crippen LogP contribution in [0.4, 0.5) is 0 Å². The van der Waals surface area contributed by atoms with Gasteiger partial charge in [-0.2, -0.15) is 0 Å². The van der Waals surface area contributed by atoms with E-state index >= 15 is 0 Å². The molecule has 2 N–H and O–H groups in total. The van der Waals surface area contributed by atoms with Gasteiger partial charge in [0.1, 0.15) is 0 Å². The van der Waals surface area contributed by atoms with Crippen LogP contribution in [0.25, 0.3) is 0 Å². The fourth-order valence-corrected chi connectivity index (χ4v) is 1.88. The first-order valence-corrected chi connectivity index (χ1v) is 6.56. The summed E-state index contributed by atoms with van der Waals surface area (Å²) in [7, 11) is 1.54. The molecule has 0 radical (unpaired) electrons. The van der Waals surface area contributed by atoms with Crippen LogP contribution in [0.1, 0.15) is 30.4 Å². The fraction of sp³-hybridized carbons (Fsp3) is 0.533. The molecule has 0 bridgehead atoms. The molecule has 1 aromatic rings. The normalized spacial score (nSPS) is 13.9. The van der Waals surface area contributed by atoms with Gasteiger partial charge in [-0.1, -0.05) is 29.8 Å². The largest absolute Gasteiger partial charge is 0.391 e. The average molecular weight is 265 g/mol. The van der Waals surface area contributed by atoms with Crippen LogP contribution in [-0.4, -0.2) is 37.4 Å². The predicted octanol–water partition coefficient (Wildman–Crippen LogP) is 1.61. The molecular formula is C15H23NO3. The first-order chi connectivity index (χ1) is 9.04. The molecule has 0 heterocycles. The number of hydrogen-bond donors (Lipinski definition) is 2. The van der Waals surface area contributed by atoms with E-state index in [4.69, 9.17) is 4.74 Å². The SMILES string of the molecule is COCC(O)CCNC(=O)C(C)c1cccc(C)c1. The number of aryl methyl sites for hydroxylation is 1. The summed E-state index contributed by atoms with van der Waals surface area (Å²) in [5, 5.41) is 12.3. The third kappa shape index (κ3) is 5.41. The number of aliphatic hydroxyl groups is 1. The lowest BCUT2D eigenvalue weighted by molar-refractivity contribution is -0.122. The van der Waals surface area contributed by atoms with E-state index in [1.807, 2.05) is 38.1 Å². The summed E-state index contributed by atoms with van der Waals surface area (Å²) in [5.74, 6) is -0.199. The van der Waals surface area contributed by atoms with Gasteiger partial charge in [0.25, 0.3) is 0 Å². The molecule has 0 spiro atoms. The predicted molar refractivity (Wildman–Crippen MR) is 75.1 cm³/mol. The Morgan fingerprint density at radius 2 is 2.21 bits per heavy atom. The van der Waals surface area contributed by atoms with Crippen molar-refractivity contribution in [1.29, 1.82) is 0 Å². The van der Waals surface area contributed by atoms with Crippen molar-refractivity contribution in [2.75, 3.05) is 20.3 Å². The van der Waals surface area contributed by atoms with E-state index in [1.54, 1.807) is 7.11 Å². The number of nitrogens with one attached hydrogen (secondary N) is 1. The van der Waals surface area contributed by atoms with Crippen LogP contribution < -0.4 is 5.32 Å². The van der Waals surface area contributed by atoms with E-state index < -0.39 is 6.10 Å². The maximum absolute atomic E-state index is 12.0. The zero-order valence-corrected chi connectivity index (χ0v) is 11.8. The third-order valence-electron chi connectivity index (χ3n) is 3.07. The molecular weight excluding hydrogens is 242 g/mol. The summed E-state index contributed by atoms with van der Waals surface area (Å²) in [5.41, 5.74) is 2.16. The lowest BCUT2D eigenvalue weighted by atomic mass is 9.98. The highest BCUT2D eigenvalue weighted by Gasteiger charge is 2.15. The lowest BCUT2D eigenvalue weighted by Crippen LogP contribution is -2.31. The molecule has 1 aromatic carbocycles. The maximum Gasteiger partial charge on any atom is 0.227 e. The number of aliphatic hydroxyl groups excluding tert-OH is 1. The Morgan fingerprint density at radius 3 is 2.84 bits per heavy atom. The van der Waals surface area contributed by atoms with E-state index in [0.29, 0.717) is 19.6 Å². The Balaban J connectivity index is 2.41. The molecule has 2 atom stereocenters. The van der Waals surface area contributed by atoms with Crippen molar-refractivity contribution in [3.63, 3.8) is 0 Å². The van der Waals surface area contributed by atoms with Crippen LogP contribution in [0.3, 0.4) is 0 Å². The maximum atomic E-state index is 12.0. The van der Waals surface area contributed by atoms with Gasteiger partial charge >= 0.3 is 0 Å². The quantitative estimate of drug-likeness (QED) is 0.787. The molecule has 4 heteroatoms. The minimum atomic E-state index is -0.528. The van der Waals surface area contributed by atoms with Crippen LogP contribution in [-0.2, 0) is 9.53 Å². The van der Waals surface area contributed by atoms with E-state index in [-0.39, 0.29) is 11.8 Å². The Morgan fingerprint density at radius 1 is 1.47 bits per heavy atom. The van der Waals surface area contributed by atoms with E-state index in [9.17, 15) is 9.90 Å². The van der Waals surface area contributed by atoms with Gasteiger partial charge in [-0.05, 0) is 25.8 Å². The van der Waals surface area contributed by atoms with Crippen molar-refractivity contribution in [2.24, 2.45) is 0 Å². The smallest absolute Gasteiger partial charge is 0.227 e. The molecule has 4 nitrogen and oxygen atoms in total. The minimum Gasteiger partial charge on any atom is -0.391 e. The highest BCUT2D eigenvalue weighted by Crippen LogP contribution is 2.16. The van der Waals surface area contributed by atoms with E-state index in [1.165, 1.54) is 0 Å². The highest BCUT2D eigenvalue weighted by atomic mass is 16.5. The van der Waals surface area contributed by atoms with Gasteiger partial charge in [0.05, 0.1) is 18.6 Å². The molecule has 0 aromatic heterocycles. The summed E-state index contributed by atoms with van der Waals surface area (Å²) in [6.45, 7) is 4.65. The molecule has 19 heavy (non-hydrogen) atoms. The number of ether oxygens (including phenoxy) is 1. The fourth-order valence-electron chi connectivity index (χ4n) is 1.88. The van der Waals surface area contributed by atoms with Gasteiger partial charge in [-0.15, -0.1) is 0 Å². The molecule has 0 aliphatic rings. The second-order valence-electron chi connectivity index (χ2n) is 4.82. The number of carbonyl (C=O) groups excluding carboxylic acids is 1. The standard InChI is InChI=1S/C15H23NO3/c1-11-5-4-6-13(9-11)12(2)15(18)16-8-7-14(17)10-19-3/h4-6,9,12,14,17H,7-8,10H2,1-3H3,(H,16,18). The molecule has 0 saturated heterocycles. The topological polar surface area (TPSA) is 58.6 Å². The summed E-state index contributed by atoms with van der Waals surface area (Å²) in [4.78, 5) is 12.0. The van der Waals surface area contributed by atoms with Crippen LogP contribution in [0.2, 0.25) is 0 Å². The van der Waals surface area contributed by atoms with Crippen LogP contribution >= 0.6 is 0 Å². The summed E-state index contributed by atoms with van der Waals surface area (Å²) in [6.07, 6.45) is -0.0281.